The third-order valence-electron chi connectivity index (χ3n) is 10.6. The van der Waals surface area contributed by atoms with Crippen LogP contribution in [0.5, 0.6) is 0 Å². The number of rotatable bonds is 37. The third kappa shape index (κ3) is 28.9. The van der Waals surface area contributed by atoms with E-state index < -0.39 is 49.5 Å². The number of aliphatic hydroxyl groups is 5. The normalized spacial score (nSPS) is 21.6. The first-order valence-corrected chi connectivity index (χ1v) is 23.0. The van der Waals surface area contributed by atoms with Crippen molar-refractivity contribution in [2.75, 3.05) is 13.2 Å². The Morgan fingerprint density at radius 1 is 0.596 bits per heavy atom. The molecule has 6 N–H and O–H groups in total. The molecule has 0 aliphatic carbocycles. The maximum atomic E-state index is 12.9. The molecule has 330 valence electrons. The number of amides is 1. The molecule has 1 amide bonds. The minimum Gasteiger partial charge on any atom is -0.394 e. The smallest absolute Gasteiger partial charge is 0.220 e. The molecule has 0 saturated carbocycles. The fourth-order valence-corrected chi connectivity index (χ4v) is 6.85. The highest BCUT2D eigenvalue weighted by molar-refractivity contribution is 5.76. The Kier molecular flexibility index (Phi) is 35.4. The van der Waals surface area contributed by atoms with Crippen molar-refractivity contribution >= 4 is 5.91 Å². The van der Waals surface area contributed by atoms with Gasteiger partial charge in [-0.25, -0.2) is 0 Å². The first-order valence-electron chi connectivity index (χ1n) is 23.0. The second-order valence-electron chi connectivity index (χ2n) is 15.8. The zero-order chi connectivity index (χ0) is 41.6. The van der Waals surface area contributed by atoms with Crippen LogP contribution in [0.25, 0.3) is 0 Å². The van der Waals surface area contributed by atoms with Crippen LogP contribution in [0.2, 0.25) is 0 Å². The van der Waals surface area contributed by atoms with E-state index in [2.05, 4.69) is 67.8 Å². The van der Waals surface area contributed by atoms with E-state index in [0.29, 0.717) is 6.42 Å². The number of hydrogen-bond donors (Lipinski definition) is 6. The van der Waals surface area contributed by atoms with Crippen LogP contribution in [0.3, 0.4) is 0 Å². The molecular weight excluding hydrogens is 719 g/mol. The van der Waals surface area contributed by atoms with Gasteiger partial charge in [-0.3, -0.25) is 4.79 Å². The van der Waals surface area contributed by atoms with E-state index >= 15 is 0 Å². The van der Waals surface area contributed by atoms with E-state index in [1.165, 1.54) is 109 Å². The Labute approximate surface area is 347 Å². The summed E-state index contributed by atoms with van der Waals surface area (Å²) < 4.78 is 11.2. The van der Waals surface area contributed by atoms with Crippen LogP contribution in [0, 0.1) is 0 Å². The Morgan fingerprint density at radius 3 is 1.53 bits per heavy atom. The van der Waals surface area contributed by atoms with Crippen molar-refractivity contribution in [3.63, 3.8) is 0 Å². The van der Waals surface area contributed by atoms with Crippen LogP contribution in [0.15, 0.2) is 60.8 Å². The summed E-state index contributed by atoms with van der Waals surface area (Å²) in [6, 6.07) is -0.834. The Hall–Kier alpha value is -2.11. The number of carbonyl (C=O) groups is 1. The number of unbranched alkanes of at least 4 members (excludes halogenated alkanes) is 19. The molecule has 0 aromatic rings. The second kappa shape index (κ2) is 38.1. The average Bonchev–Trinajstić information content (AvgIpc) is 3.21. The van der Waals surface area contributed by atoms with Crippen LogP contribution >= 0.6 is 0 Å². The van der Waals surface area contributed by atoms with Crippen LogP contribution in [-0.4, -0.2) is 87.5 Å². The lowest BCUT2D eigenvalue weighted by atomic mass is 9.99. The van der Waals surface area contributed by atoms with Gasteiger partial charge in [-0.15, -0.1) is 0 Å². The summed E-state index contributed by atoms with van der Waals surface area (Å²) in [5.41, 5.74) is 0. The number of hydrogen-bond acceptors (Lipinski definition) is 8. The van der Waals surface area contributed by atoms with Crippen LogP contribution in [-0.2, 0) is 14.3 Å². The molecule has 1 saturated heterocycles. The Bertz CT molecular complexity index is 1070. The van der Waals surface area contributed by atoms with Crippen molar-refractivity contribution in [3.8, 4) is 0 Å². The van der Waals surface area contributed by atoms with Gasteiger partial charge in [0.2, 0.25) is 5.91 Å². The molecule has 0 radical (unpaired) electrons. The van der Waals surface area contributed by atoms with Gasteiger partial charge in [-0.2, -0.15) is 0 Å². The maximum absolute atomic E-state index is 12.9. The number of allylic oxidation sites excluding steroid dienone is 9. The minimum absolute atomic E-state index is 0.212. The molecule has 1 heterocycles. The lowest BCUT2D eigenvalue weighted by Crippen LogP contribution is -2.60. The van der Waals surface area contributed by atoms with Gasteiger partial charge < -0.3 is 40.3 Å². The summed E-state index contributed by atoms with van der Waals surface area (Å²) in [5, 5.41) is 54.1. The van der Waals surface area contributed by atoms with Crippen LogP contribution in [0.1, 0.15) is 181 Å². The van der Waals surface area contributed by atoms with Gasteiger partial charge in [0.05, 0.1) is 25.4 Å². The molecular formula is C48H85NO8. The highest BCUT2D eigenvalue weighted by Gasteiger charge is 2.44. The number of carbonyl (C=O) groups excluding carboxylic acids is 1. The number of nitrogens with one attached hydrogen (secondary N) is 1. The monoisotopic (exact) mass is 804 g/mol. The molecule has 1 aliphatic heterocycles. The van der Waals surface area contributed by atoms with Crippen LogP contribution in [0.4, 0.5) is 0 Å². The van der Waals surface area contributed by atoms with Crippen molar-refractivity contribution in [1.29, 1.82) is 0 Å². The summed E-state index contributed by atoms with van der Waals surface area (Å²) >= 11 is 0. The SMILES string of the molecule is CCCCCCCCC/C=C/C/C=C/C/C=C/C/C=C/CCCC(=O)N[C@@H](CO[C@H]1O[C@@H](CO)[C@H](O)C(O)C1O)[C@H](O)/C=C/CCCCCCCCCCCCC. The summed E-state index contributed by atoms with van der Waals surface area (Å²) in [7, 11) is 0. The van der Waals surface area contributed by atoms with Crippen LogP contribution < -0.4 is 5.32 Å². The lowest BCUT2D eigenvalue weighted by molar-refractivity contribution is -0.302. The Balaban J connectivity index is 2.40. The Morgan fingerprint density at radius 2 is 1.04 bits per heavy atom. The van der Waals surface area contributed by atoms with Crippen molar-refractivity contribution in [2.24, 2.45) is 0 Å². The molecule has 57 heavy (non-hydrogen) atoms. The van der Waals surface area contributed by atoms with Gasteiger partial charge >= 0.3 is 0 Å². The fourth-order valence-electron chi connectivity index (χ4n) is 6.85. The molecule has 0 spiro atoms. The molecule has 1 rings (SSSR count). The van der Waals surface area contributed by atoms with E-state index in [4.69, 9.17) is 9.47 Å². The van der Waals surface area contributed by atoms with Gasteiger partial charge in [0, 0.05) is 6.42 Å². The first kappa shape index (κ1) is 52.9. The van der Waals surface area contributed by atoms with Gasteiger partial charge in [0.25, 0.3) is 0 Å². The third-order valence-corrected chi connectivity index (χ3v) is 10.6. The highest BCUT2D eigenvalue weighted by Crippen LogP contribution is 2.22. The van der Waals surface area contributed by atoms with E-state index in [0.717, 1.165) is 44.9 Å². The largest absolute Gasteiger partial charge is 0.394 e. The highest BCUT2D eigenvalue weighted by atomic mass is 16.7. The molecule has 1 fully saturated rings. The molecule has 0 aromatic carbocycles. The predicted octanol–water partition coefficient (Wildman–Crippen LogP) is 9.61. The molecule has 2 unspecified atom stereocenters. The molecule has 9 heteroatoms. The topological polar surface area (TPSA) is 149 Å². The zero-order valence-electron chi connectivity index (χ0n) is 36.1. The van der Waals surface area contributed by atoms with Gasteiger partial charge in [0.15, 0.2) is 6.29 Å². The van der Waals surface area contributed by atoms with Gasteiger partial charge in [-0.1, -0.05) is 177 Å². The van der Waals surface area contributed by atoms with E-state index in [-0.39, 0.29) is 18.9 Å². The van der Waals surface area contributed by atoms with Gasteiger partial charge in [-0.05, 0) is 57.8 Å². The molecule has 1 aliphatic rings. The molecule has 9 nitrogen and oxygen atoms in total. The molecule has 0 aromatic heterocycles. The fraction of sp³-hybridized carbons (Fsp3) is 0.771. The van der Waals surface area contributed by atoms with Crippen molar-refractivity contribution in [2.45, 2.75) is 224 Å². The second-order valence-corrected chi connectivity index (χ2v) is 15.8. The summed E-state index contributed by atoms with van der Waals surface area (Å²) in [6.45, 7) is 3.72. The standard InChI is InChI=1S/C48H85NO8/c1-3-5-7-9-11-13-15-17-18-19-20-21-22-23-24-26-28-30-32-34-36-38-44(52)49-41(40-56-48-47(55)46(54)45(53)43(39-50)57-48)42(51)37-35-33-31-29-27-25-16-14-12-10-8-6-4-2/h18-19,21-22,24,26,30,32,35,37,41-43,45-48,50-51,53-55H,3-17,20,23,25,27-29,31,33-34,36,38-40H2,1-2H3,(H,49,52)/b19-18+,22-21+,26-24+,32-30+,37-35+/t41-,42+,43-,45-,46?,47?,48-/m0/s1. The number of aliphatic hydroxyl groups excluding tert-OH is 5. The molecule has 7 atom stereocenters. The van der Waals surface area contributed by atoms with E-state index in [1.54, 1.807) is 6.08 Å². The maximum Gasteiger partial charge on any atom is 0.220 e. The van der Waals surface area contributed by atoms with Gasteiger partial charge in [0.1, 0.15) is 24.4 Å². The summed E-state index contributed by atoms with van der Waals surface area (Å²) in [4.78, 5) is 12.9. The molecule has 0 bridgehead atoms. The summed E-state index contributed by atoms with van der Waals surface area (Å²) in [5.74, 6) is -0.233. The number of ether oxygens (including phenoxy) is 2. The predicted molar refractivity (Wildman–Crippen MR) is 235 cm³/mol. The zero-order valence-corrected chi connectivity index (χ0v) is 36.1. The lowest BCUT2D eigenvalue weighted by Gasteiger charge is -2.40. The van der Waals surface area contributed by atoms with E-state index in [1.807, 2.05) is 6.08 Å². The van der Waals surface area contributed by atoms with Crippen molar-refractivity contribution < 1.29 is 39.8 Å². The average molecular weight is 804 g/mol. The minimum atomic E-state index is -1.58. The van der Waals surface area contributed by atoms with E-state index in [9.17, 15) is 30.3 Å². The summed E-state index contributed by atoms with van der Waals surface area (Å²) in [6.07, 6.45) is 42.7. The first-order chi connectivity index (χ1) is 27.8. The van der Waals surface area contributed by atoms with Crippen molar-refractivity contribution in [1.82, 2.24) is 5.32 Å². The van der Waals surface area contributed by atoms with Crippen molar-refractivity contribution in [3.05, 3.63) is 60.8 Å². The quantitative estimate of drug-likeness (QED) is 0.0269.